The molecule has 0 radical (unpaired) electrons. The van der Waals surface area contributed by atoms with Crippen LogP contribution < -0.4 is 4.74 Å². The molecule has 21 heavy (non-hydrogen) atoms. The Bertz CT molecular complexity index is 766. The number of aryl methyl sites for hydroxylation is 2. The minimum atomic E-state index is -0.464. The lowest BCUT2D eigenvalue weighted by molar-refractivity contribution is -0.385. The number of rotatable bonds is 3. The van der Waals surface area contributed by atoms with Crippen molar-refractivity contribution in [2.45, 2.75) is 13.8 Å². The first-order valence-corrected chi connectivity index (χ1v) is 6.43. The first kappa shape index (κ1) is 14.8. The number of nitriles is 1. The highest BCUT2D eigenvalue weighted by Gasteiger charge is 2.16. The van der Waals surface area contributed by atoms with E-state index in [0.717, 1.165) is 5.56 Å². The Labute approximate surface area is 126 Å². The van der Waals surface area contributed by atoms with Gasteiger partial charge in [0.15, 0.2) is 0 Å². The van der Waals surface area contributed by atoms with Crippen molar-refractivity contribution in [1.82, 2.24) is 0 Å². The van der Waals surface area contributed by atoms with Gasteiger partial charge in [-0.3, -0.25) is 10.1 Å². The van der Waals surface area contributed by atoms with E-state index >= 15 is 0 Å². The molecule has 106 valence electrons. The lowest BCUT2D eigenvalue weighted by Gasteiger charge is -2.11. The van der Waals surface area contributed by atoms with Gasteiger partial charge in [-0.15, -0.1) is 0 Å². The fourth-order valence-electron chi connectivity index (χ4n) is 1.93. The van der Waals surface area contributed by atoms with Crippen LogP contribution in [0, 0.1) is 35.3 Å². The van der Waals surface area contributed by atoms with Crippen molar-refractivity contribution in [3.63, 3.8) is 0 Å². The molecule has 0 aliphatic heterocycles. The van der Waals surface area contributed by atoms with Crippen LogP contribution >= 0.6 is 11.6 Å². The summed E-state index contributed by atoms with van der Waals surface area (Å²) < 4.78 is 5.65. The van der Waals surface area contributed by atoms with E-state index in [1.807, 2.05) is 6.07 Å². The molecule has 2 aromatic carbocycles. The number of nitro benzene ring substituents is 1. The average molecular weight is 303 g/mol. The van der Waals surface area contributed by atoms with Crippen LogP contribution in [0.3, 0.4) is 0 Å². The average Bonchev–Trinajstić information content (AvgIpc) is 2.42. The highest BCUT2D eigenvalue weighted by atomic mass is 35.5. The van der Waals surface area contributed by atoms with E-state index in [0.29, 0.717) is 22.1 Å². The van der Waals surface area contributed by atoms with E-state index in [1.165, 1.54) is 12.1 Å². The summed E-state index contributed by atoms with van der Waals surface area (Å²) in [6.45, 7) is 3.45. The van der Waals surface area contributed by atoms with Crippen molar-refractivity contribution in [3.8, 4) is 17.6 Å². The summed E-state index contributed by atoms with van der Waals surface area (Å²) in [5.41, 5.74) is 1.55. The number of ether oxygens (including phenoxy) is 1. The number of halogens is 1. The van der Waals surface area contributed by atoms with Gasteiger partial charge in [0.05, 0.1) is 16.6 Å². The zero-order chi connectivity index (χ0) is 15.6. The Morgan fingerprint density at radius 2 is 1.90 bits per heavy atom. The van der Waals surface area contributed by atoms with Crippen molar-refractivity contribution in [3.05, 3.63) is 62.2 Å². The number of benzene rings is 2. The predicted molar refractivity (Wildman–Crippen MR) is 78.8 cm³/mol. The second kappa shape index (κ2) is 5.81. The van der Waals surface area contributed by atoms with Crippen LogP contribution in [0.1, 0.15) is 16.7 Å². The smallest absolute Gasteiger partial charge is 0.276 e. The minimum Gasteiger partial charge on any atom is -0.455 e. The summed E-state index contributed by atoms with van der Waals surface area (Å²) in [5.74, 6) is 0.647. The summed E-state index contributed by atoms with van der Waals surface area (Å²) in [5, 5.41) is 20.5. The van der Waals surface area contributed by atoms with E-state index in [4.69, 9.17) is 21.6 Å². The maximum atomic E-state index is 11.0. The quantitative estimate of drug-likeness (QED) is 0.616. The van der Waals surface area contributed by atoms with Gasteiger partial charge in [0, 0.05) is 10.6 Å². The van der Waals surface area contributed by atoms with Crippen LogP contribution in [0.25, 0.3) is 0 Å². The van der Waals surface area contributed by atoms with Crippen LogP contribution in [0.15, 0.2) is 30.3 Å². The first-order chi connectivity index (χ1) is 9.92. The maximum Gasteiger partial charge on any atom is 0.276 e. The molecule has 0 saturated carbocycles. The molecule has 6 heteroatoms. The van der Waals surface area contributed by atoms with E-state index in [-0.39, 0.29) is 11.3 Å². The van der Waals surface area contributed by atoms with Crippen LogP contribution in [-0.2, 0) is 0 Å². The standard InChI is InChI=1S/C15H11ClN2O3/c1-9-5-10(2)15(7-13(9)18(19)20)21-14-4-3-12(16)6-11(14)8-17/h3-7H,1-2H3. The lowest BCUT2D eigenvalue weighted by Crippen LogP contribution is -1.96. The van der Waals surface area contributed by atoms with E-state index < -0.39 is 4.92 Å². The maximum absolute atomic E-state index is 11.0. The summed E-state index contributed by atoms with van der Waals surface area (Å²) in [4.78, 5) is 10.5. The molecule has 0 heterocycles. The Morgan fingerprint density at radius 1 is 1.19 bits per heavy atom. The zero-order valence-corrected chi connectivity index (χ0v) is 12.1. The molecule has 0 aliphatic rings. The van der Waals surface area contributed by atoms with Crippen LogP contribution in [0.4, 0.5) is 5.69 Å². The van der Waals surface area contributed by atoms with E-state index in [9.17, 15) is 10.1 Å². The van der Waals surface area contributed by atoms with Crippen molar-refractivity contribution < 1.29 is 9.66 Å². The molecule has 5 nitrogen and oxygen atoms in total. The van der Waals surface area contributed by atoms with Gasteiger partial charge < -0.3 is 4.74 Å². The summed E-state index contributed by atoms with van der Waals surface area (Å²) in [6.07, 6.45) is 0. The minimum absolute atomic E-state index is 0.0249. The SMILES string of the molecule is Cc1cc(C)c([N+](=O)[O-])cc1Oc1ccc(Cl)cc1C#N. The van der Waals surface area contributed by atoms with Gasteiger partial charge in [-0.05, 0) is 43.7 Å². The van der Waals surface area contributed by atoms with Gasteiger partial charge in [-0.1, -0.05) is 11.6 Å². The van der Waals surface area contributed by atoms with Gasteiger partial charge in [-0.25, -0.2) is 0 Å². The highest BCUT2D eigenvalue weighted by Crippen LogP contribution is 2.33. The molecular weight excluding hydrogens is 292 g/mol. The summed E-state index contributed by atoms with van der Waals surface area (Å²) >= 11 is 5.82. The van der Waals surface area contributed by atoms with Crippen LogP contribution in [-0.4, -0.2) is 4.92 Å². The normalized spacial score (nSPS) is 10.0. The van der Waals surface area contributed by atoms with Crippen molar-refractivity contribution >= 4 is 17.3 Å². The van der Waals surface area contributed by atoms with Gasteiger partial charge >= 0.3 is 0 Å². The Balaban J connectivity index is 2.47. The van der Waals surface area contributed by atoms with Gasteiger partial charge in [0.2, 0.25) is 0 Å². The predicted octanol–water partition coefficient (Wildman–Crippen LogP) is 4.53. The molecule has 0 amide bonds. The molecule has 0 N–H and O–H groups in total. The fraction of sp³-hybridized carbons (Fsp3) is 0.133. The van der Waals surface area contributed by atoms with Gasteiger partial charge in [0.25, 0.3) is 5.69 Å². The Kier molecular flexibility index (Phi) is 4.10. The molecule has 0 bridgehead atoms. The molecule has 0 fully saturated rings. The molecule has 2 aromatic rings. The first-order valence-electron chi connectivity index (χ1n) is 6.05. The van der Waals surface area contributed by atoms with Crippen molar-refractivity contribution in [1.29, 1.82) is 5.26 Å². The summed E-state index contributed by atoms with van der Waals surface area (Å²) in [7, 11) is 0. The Morgan fingerprint density at radius 3 is 2.52 bits per heavy atom. The van der Waals surface area contributed by atoms with Gasteiger partial charge in [0.1, 0.15) is 17.6 Å². The molecule has 0 saturated heterocycles. The monoisotopic (exact) mass is 302 g/mol. The fourth-order valence-corrected chi connectivity index (χ4v) is 2.10. The molecule has 0 aliphatic carbocycles. The Hall–Kier alpha value is -2.58. The third-order valence-electron chi connectivity index (χ3n) is 2.97. The second-order valence-corrected chi connectivity index (χ2v) is 4.95. The topological polar surface area (TPSA) is 76.2 Å². The van der Waals surface area contributed by atoms with Crippen LogP contribution in [0.5, 0.6) is 11.5 Å². The number of hydrogen-bond acceptors (Lipinski definition) is 4. The van der Waals surface area contributed by atoms with E-state index in [2.05, 4.69) is 0 Å². The van der Waals surface area contributed by atoms with Gasteiger partial charge in [-0.2, -0.15) is 5.26 Å². The zero-order valence-electron chi connectivity index (χ0n) is 11.4. The molecule has 0 atom stereocenters. The number of nitro groups is 1. The van der Waals surface area contributed by atoms with E-state index in [1.54, 1.807) is 32.0 Å². The second-order valence-electron chi connectivity index (χ2n) is 4.52. The number of nitrogens with zero attached hydrogens (tertiary/aromatic N) is 2. The molecule has 0 aromatic heterocycles. The molecule has 0 spiro atoms. The number of hydrogen-bond donors (Lipinski definition) is 0. The largest absolute Gasteiger partial charge is 0.455 e. The molecular formula is C15H11ClN2O3. The third kappa shape index (κ3) is 3.12. The lowest BCUT2D eigenvalue weighted by atomic mass is 10.1. The third-order valence-corrected chi connectivity index (χ3v) is 3.21. The van der Waals surface area contributed by atoms with Crippen LogP contribution in [0.2, 0.25) is 5.02 Å². The molecule has 0 unspecified atom stereocenters. The molecule has 2 rings (SSSR count). The summed E-state index contributed by atoms with van der Waals surface area (Å²) in [6, 6.07) is 9.65. The highest BCUT2D eigenvalue weighted by molar-refractivity contribution is 6.30. The van der Waals surface area contributed by atoms with Crippen molar-refractivity contribution in [2.75, 3.05) is 0 Å². The van der Waals surface area contributed by atoms with Crippen molar-refractivity contribution in [2.24, 2.45) is 0 Å².